The second-order valence-corrected chi connectivity index (χ2v) is 5.53. The minimum absolute atomic E-state index is 0.255. The first-order valence-corrected chi connectivity index (χ1v) is 7.70. The Kier molecular flexibility index (Phi) is 5.43. The van der Waals surface area contributed by atoms with E-state index < -0.39 is 0 Å². The van der Waals surface area contributed by atoms with E-state index in [4.69, 9.17) is 10.5 Å². The van der Waals surface area contributed by atoms with Gasteiger partial charge in [0.25, 0.3) is 0 Å². The van der Waals surface area contributed by atoms with Crippen LogP contribution in [0.5, 0.6) is 5.75 Å². The molecule has 0 fully saturated rings. The van der Waals surface area contributed by atoms with E-state index in [0.29, 0.717) is 0 Å². The smallest absolute Gasteiger partial charge is 0.119 e. The Morgan fingerprint density at radius 3 is 2.58 bits per heavy atom. The van der Waals surface area contributed by atoms with Crippen molar-refractivity contribution < 1.29 is 4.74 Å². The number of thiophene rings is 1. The molecule has 2 N–H and O–H groups in total. The van der Waals surface area contributed by atoms with Gasteiger partial charge in [-0.2, -0.15) is 11.3 Å². The highest BCUT2D eigenvalue weighted by Crippen LogP contribution is 2.14. The number of hydrogen-bond donors (Lipinski definition) is 1. The molecule has 0 aliphatic carbocycles. The molecule has 2 aromatic rings. The zero-order chi connectivity index (χ0) is 13.5. The van der Waals surface area contributed by atoms with Crippen molar-refractivity contribution >= 4 is 11.3 Å². The lowest BCUT2D eigenvalue weighted by molar-refractivity contribution is 0.322. The van der Waals surface area contributed by atoms with Crippen LogP contribution in [0.2, 0.25) is 0 Å². The SMILES string of the molecule is CCC(N)Cc1ccc(OCCc2ccsc2)cc1. The zero-order valence-electron chi connectivity index (χ0n) is 11.3. The number of benzene rings is 1. The van der Waals surface area contributed by atoms with E-state index in [1.54, 1.807) is 11.3 Å². The molecule has 1 unspecified atom stereocenters. The van der Waals surface area contributed by atoms with Crippen LogP contribution in [0.1, 0.15) is 24.5 Å². The normalized spacial score (nSPS) is 12.3. The van der Waals surface area contributed by atoms with Crippen LogP contribution in [-0.2, 0) is 12.8 Å². The minimum Gasteiger partial charge on any atom is -0.493 e. The quantitative estimate of drug-likeness (QED) is 0.837. The van der Waals surface area contributed by atoms with Crippen LogP contribution in [-0.4, -0.2) is 12.6 Å². The maximum atomic E-state index is 5.95. The Morgan fingerprint density at radius 2 is 1.95 bits per heavy atom. The van der Waals surface area contributed by atoms with E-state index in [0.717, 1.165) is 31.6 Å². The molecule has 0 saturated carbocycles. The molecule has 0 spiro atoms. The molecule has 2 rings (SSSR count). The summed E-state index contributed by atoms with van der Waals surface area (Å²) in [6.45, 7) is 2.84. The molecule has 0 bridgehead atoms. The summed E-state index contributed by atoms with van der Waals surface area (Å²) in [5.41, 5.74) is 8.57. The van der Waals surface area contributed by atoms with E-state index >= 15 is 0 Å². The summed E-state index contributed by atoms with van der Waals surface area (Å²) in [7, 11) is 0. The molecule has 0 radical (unpaired) electrons. The lowest BCUT2D eigenvalue weighted by Crippen LogP contribution is -2.21. The molecule has 19 heavy (non-hydrogen) atoms. The van der Waals surface area contributed by atoms with E-state index in [2.05, 4.69) is 35.9 Å². The summed E-state index contributed by atoms with van der Waals surface area (Å²) in [6, 6.07) is 10.7. The van der Waals surface area contributed by atoms with Gasteiger partial charge in [0, 0.05) is 12.5 Å². The van der Waals surface area contributed by atoms with E-state index in [9.17, 15) is 0 Å². The molecule has 102 valence electrons. The topological polar surface area (TPSA) is 35.2 Å². The van der Waals surface area contributed by atoms with E-state index in [-0.39, 0.29) is 6.04 Å². The first-order valence-electron chi connectivity index (χ1n) is 6.76. The number of nitrogens with two attached hydrogens (primary N) is 1. The molecule has 0 amide bonds. The maximum Gasteiger partial charge on any atom is 0.119 e. The molecule has 0 aliphatic rings. The highest BCUT2D eigenvalue weighted by molar-refractivity contribution is 7.07. The van der Waals surface area contributed by atoms with Gasteiger partial charge >= 0.3 is 0 Å². The molecular formula is C16H21NOS. The zero-order valence-corrected chi connectivity index (χ0v) is 12.2. The fourth-order valence-corrected chi connectivity index (χ4v) is 2.59. The van der Waals surface area contributed by atoms with Crippen LogP contribution in [0.15, 0.2) is 41.1 Å². The van der Waals surface area contributed by atoms with Crippen molar-refractivity contribution in [3.8, 4) is 5.75 Å². The summed E-state index contributed by atoms with van der Waals surface area (Å²) in [5, 5.41) is 4.26. The van der Waals surface area contributed by atoms with Gasteiger partial charge < -0.3 is 10.5 Å². The summed E-state index contributed by atoms with van der Waals surface area (Å²) in [6.07, 6.45) is 2.91. The van der Waals surface area contributed by atoms with Gasteiger partial charge in [0.05, 0.1) is 6.61 Å². The standard InChI is InChI=1S/C16H21NOS/c1-2-15(17)11-13-3-5-16(6-4-13)18-9-7-14-8-10-19-12-14/h3-6,8,10,12,15H,2,7,9,11,17H2,1H3. The summed E-state index contributed by atoms with van der Waals surface area (Å²) >= 11 is 1.73. The highest BCUT2D eigenvalue weighted by atomic mass is 32.1. The van der Waals surface area contributed by atoms with Crippen molar-refractivity contribution in [1.82, 2.24) is 0 Å². The maximum absolute atomic E-state index is 5.95. The summed E-state index contributed by atoms with van der Waals surface area (Å²) in [4.78, 5) is 0. The van der Waals surface area contributed by atoms with Crippen LogP contribution < -0.4 is 10.5 Å². The number of hydrogen-bond acceptors (Lipinski definition) is 3. The van der Waals surface area contributed by atoms with Crippen LogP contribution in [0, 0.1) is 0 Å². The van der Waals surface area contributed by atoms with E-state index in [1.807, 2.05) is 12.1 Å². The average molecular weight is 275 g/mol. The Hall–Kier alpha value is -1.32. The summed E-state index contributed by atoms with van der Waals surface area (Å²) < 4.78 is 5.74. The molecule has 1 aromatic carbocycles. The van der Waals surface area contributed by atoms with Crippen LogP contribution >= 0.6 is 11.3 Å². The predicted molar refractivity (Wildman–Crippen MR) is 81.9 cm³/mol. The van der Waals surface area contributed by atoms with Gasteiger partial charge in [-0.3, -0.25) is 0 Å². The fourth-order valence-electron chi connectivity index (χ4n) is 1.89. The lowest BCUT2D eigenvalue weighted by atomic mass is 10.0. The molecule has 0 aliphatic heterocycles. The number of rotatable bonds is 7. The molecule has 2 nitrogen and oxygen atoms in total. The minimum atomic E-state index is 0.255. The van der Waals surface area contributed by atoms with Gasteiger partial charge in [0.1, 0.15) is 5.75 Å². The van der Waals surface area contributed by atoms with Gasteiger partial charge in [-0.1, -0.05) is 19.1 Å². The first kappa shape index (κ1) is 14.1. The largest absolute Gasteiger partial charge is 0.493 e. The highest BCUT2D eigenvalue weighted by Gasteiger charge is 2.02. The Morgan fingerprint density at radius 1 is 1.16 bits per heavy atom. The lowest BCUT2D eigenvalue weighted by Gasteiger charge is -2.10. The van der Waals surface area contributed by atoms with Crippen molar-refractivity contribution in [2.45, 2.75) is 32.2 Å². The monoisotopic (exact) mass is 275 g/mol. The molecule has 0 saturated heterocycles. The summed E-state index contributed by atoms with van der Waals surface area (Å²) in [5.74, 6) is 0.934. The Balaban J connectivity index is 1.78. The van der Waals surface area contributed by atoms with Crippen LogP contribution in [0.25, 0.3) is 0 Å². The Labute approximate surface area is 119 Å². The first-order chi connectivity index (χ1) is 9.28. The fraction of sp³-hybridized carbons (Fsp3) is 0.375. The van der Waals surface area contributed by atoms with Crippen molar-refractivity contribution in [3.63, 3.8) is 0 Å². The molecular weight excluding hydrogens is 254 g/mol. The predicted octanol–water partition coefficient (Wildman–Crippen LogP) is 3.65. The molecule has 3 heteroatoms. The molecule has 1 atom stereocenters. The van der Waals surface area contributed by atoms with Crippen LogP contribution in [0.3, 0.4) is 0 Å². The second-order valence-electron chi connectivity index (χ2n) is 4.75. The molecule has 1 aromatic heterocycles. The van der Waals surface area contributed by atoms with Crippen molar-refractivity contribution in [2.75, 3.05) is 6.61 Å². The van der Waals surface area contributed by atoms with Crippen LogP contribution in [0.4, 0.5) is 0 Å². The van der Waals surface area contributed by atoms with Gasteiger partial charge in [0.15, 0.2) is 0 Å². The van der Waals surface area contributed by atoms with Gasteiger partial charge in [-0.05, 0) is 52.9 Å². The Bertz CT molecular complexity index is 464. The van der Waals surface area contributed by atoms with Gasteiger partial charge in [-0.25, -0.2) is 0 Å². The molecule has 1 heterocycles. The average Bonchev–Trinajstić information content (AvgIpc) is 2.94. The number of ether oxygens (including phenoxy) is 1. The third-order valence-electron chi connectivity index (χ3n) is 3.19. The van der Waals surface area contributed by atoms with Crippen molar-refractivity contribution in [3.05, 3.63) is 52.2 Å². The third-order valence-corrected chi connectivity index (χ3v) is 3.92. The van der Waals surface area contributed by atoms with E-state index in [1.165, 1.54) is 11.1 Å². The van der Waals surface area contributed by atoms with Crippen molar-refractivity contribution in [2.24, 2.45) is 5.73 Å². The third kappa shape index (κ3) is 4.69. The second kappa shape index (κ2) is 7.31. The van der Waals surface area contributed by atoms with Crippen molar-refractivity contribution in [1.29, 1.82) is 0 Å². The van der Waals surface area contributed by atoms with Gasteiger partial charge in [0.2, 0.25) is 0 Å². The van der Waals surface area contributed by atoms with Gasteiger partial charge in [-0.15, -0.1) is 0 Å².